The van der Waals surface area contributed by atoms with Gasteiger partial charge < -0.3 is 15.4 Å². The average Bonchev–Trinajstić information content (AvgIpc) is 2.91. The van der Waals surface area contributed by atoms with Crippen molar-refractivity contribution < 1.29 is 4.74 Å². The first-order chi connectivity index (χ1) is 12.3. The van der Waals surface area contributed by atoms with Crippen molar-refractivity contribution in [2.45, 2.75) is 45.7 Å². The predicted octanol–water partition coefficient (Wildman–Crippen LogP) is 3.38. The van der Waals surface area contributed by atoms with Gasteiger partial charge in [-0.15, -0.1) is 24.0 Å². The number of nitrogens with one attached hydrogen (secondary N) is 2. The number of likely N-dealkylation sites (tertiary alicyclic amines) is 1. The van der Waals surface area contributed by atoms with Crippen LogP contribution in [0.3, 0.4) is 0 Å². The van der Waals surface area contributed by atoms with E-state index in [1.165, 1.54) is 49.9 Å². The minimum atomic E-state index is 0. The molecule has 0 aromatic heterocycles. The lowest BCUT2D eigenvalue weighted by molar-refractivity contribution is 0.152. The van der Waals surface area contributed by atoms with Crippen molar-refractivity contribution in [1.29, 1.82) is 0 Å². The Hall–Kier alpha value is -0.860. The Morgan fingerprint density at radius 1 is 1.04 bits per heavy atom. The largest absolute Gasteiger partial charge is 0.380 e. The highest BCUT2D eigenvalue weighted by Gasteiger charge is 2.09. The summed E-state index contributed by atoms with van der Waals surface area (Å²) in [7, 11) is 1.79. The van der Waals surface area contributed by atoms with E-state index in [4.69, 9.17) is 4.74 Å². The van der Waals surface area contributed by atoms with E-state index in [0.717, 1.165) is 32.2 Å². The number of ether oxygens (including phenoxy) is 1. The molecule has 2 N–H and O–H groups in total. The minimum absolute atomic E-state index is 0. The van der Waals surface area contributed by atoms with Gasteiger partial charge >= 0.3 is 0 Å². The molecule has 1 aliphatic rings. The molecule has 5 nitrogen and oxygen atoms in total. The van der Waals surface area contributed by atoms with Crippen LogP contribution >= 0.6 is 24.0 Å². The number of nitrogens with zero attached hydrogens (tertiary/aromatic N) is 2. The fourth-order valence-corrected chi connectivity index (χ4v) is 3.11. The van der Waals surface area contributed by atoms with Crippen molar-refractivity contribution in [3.8, 4) is 0 Å². The molecule has 1 saturated heterocycles. The Kier molecular flexibility index (Phi) is 12.7. The molecule has 0 unspecified atom stereocenters. The van der Waals surface area contributed by atoms with Gasteiger partial charge in [-0.1, -0.05) is 37.1 Å². The molecule has 1 aromatic carbocycles. The summed E-state index contributed by atoms with van der Waals surface area (Å²) >= 11 is 0. The van der Waals surface area contributed by atoms with E-state index in [2.05, 4.69) is 44.8 Å². The maximum absolute atomic E-state index is 5.33. The van der Waals surface area contributed by atoms with Crippen molar-refractivity contribution in [2.75, 3.05) is 39.9 Å². The second-order valence-electron chi connectivity index (χ2n) is 6.56. The van der Waals surface area contributed by atoms with Crippen LogP contribution < -0.4 is 10.6 Å². The molecule has 1 aromatic rings. The number of guanidine groups is 1. The summed E-state index contributed by atoms with van der Waals surface area (Å²) in [5.74, 6) is 0.813. The lowest BCUT2D eigenvalue weighted by atomic mass is 10.1. The van der Waals surface area contributed by atoms with E-state index in [1.807, 2.05) is 6.92 Å². The van der Waals surface area contributed by atoms with Gasteiger partial charge in [-0.3, -0.25) is 9.89 Å². The van der Waals surface area contributed by atoms with Crippen LogP contribution in [-0.4, -0.2) is 50.8 Å². The molecule has 1 aliphatic heterocycles. The average molecular weight is 474 g/mol. The van der Waals surface area contributed by atoms with E-state index in [-0.39, 0.29) is 24.0 Å². The molecule has 0 bridgehead atoms. The van der Waals surface area contributed by atoms with E-state index in [9.17, 15) is 0 Å². The molecule has 1 fully saturated rings. The first-order valence-electron chi connectivity index (χ1n) is 9.64. The van der Waals surface area contributed by atoms with Crippen LogP contribution in [0.5, 0.6) is 0 Å². The zero-order chi connectivity index (χ0) is 17.7. The van der Waals surface area contributed by atoms with Gasteiger partial charge in [0.1, 0.15) is 0 Å². The van der Waals surface area contributed by atoms with Gasteiger partial charge in [0.25, 0.3) is 0 Å². The second-order valence-corrected chi connectivity index (χ2v) is 6.56. The van der Waals surface area contributed by atoms with Gasteiger partial charge in [-0.25, -0.2) is 0 Å². The third kappa shape index (κ3) is 9.19. The molecule has 0 amide bonds. The molecule has 148 valence electrons. The normalized spacial score (nSPS) is 15.8. The topological polar surface area (TPSA) is 48.9 Å². The van der Waals surface area contributed by atoms with Crippen LogP contribution in [0.15, 0.2) is 29.3 Å². The van der Waals surface area contributed by atoms with Crippen LogP contribution in [-0.2, 0) is 17.8 Å². The van der Waals surface area contributed by atoms with E-state index < -0.39 is 0 Å². The number of halogens is 1. The molecular formula is C20H35IN4O. The number of rotatable bonds is 8. The molecule has 0 saturated carbocycles. The third-order valence-corrected chi connectivity index (χ3v) is 4.55. The standard InChI is InChI=1S/C20H34N4O.HI/c1-3-25-15-12-22-20(21-2)23-16-18-8-10-19(11-9-18)17-24-13-6-4-5-7-14-24;/h8-11H,3-7,12-17H2,1-2H3,(H2,21,22,23);1H. The lowest BCUT2D eigenvalue weighted by Gasteiger charge is -2.20. The van der Waals surface area contributed by atoms with Gasteiger partial charge in [0.05, 0.1) is 6.61 Å². The second kappa shape index (κ2) is 14.2. The predicted molar refractivity (Wildman–Crippen MR) is 120 cm³/mol. The zero-order valence-electron chi connectivity index (χ0n) is 16.3. The first kappa shape index (κ1) is 23.2. The SMILES string of the molecule is CCOCCNC(=NC)NCc1ccc(CN2CCCCCC2)cc1.I. The van der Waals surface area contributed by atoms with Gasteiger partial charge in [0, 0.05) is 33.3 Å². The quantitative estimate of drug-likeness (QED) is 0.263. The first-order valence-corrected chi connectivity index (χ1v) is 9.64. The van der Waals surface area contributed by atoms with Crippen molar-refractivity contribution in [3.05, 3.63) is 35.4 Å². The van der Waals surface area contributed by atoms with Gasteiger partial charge in [-0.05, 0) is 44.0 Å². The zero-order valence-corrected chi connectivity index (χ0v) is 18.6. The maximum atomic E-state index is 5.33. The van der Waals surface area contributed by atoms with Gasteiger partial charge in [0.2, 0.25) is 0 Å². The Morgan fingerprint density at radius 3 is 2.31 bits per heavy atom. The fraction of sp³-hybridized carbons (Fsp3) is 0.650. The van der Waals surface area contributed by atoms with Crippen LogP contribution in [0.25, 0.3) is 0 Å². The monoisotopic (exact) mass is 474 g/mol. The number of hydrogen-bond donors (Lipinski definition) is 2. The van der Waals surface area contributed by atoms with Gasteiger partial charge in [-0.2, -0.15) is 0 Å². The summed E-state index contributed by atoms with van der Waals surface area (Å²) in [6.07, 6.45) is 5.47. The summed E-state index contributed by atoms with van der Waals surface area (Å²) in [5, 5.41) is 6.60. The Labute approximate surface area is 176 Å². The Bertz CT molecular complexity index is 499. The Balaban J connectivity index is 0.00000338. The van der Waals surface area contributed by atoms with Crippen molar-refractivity contribution in [3.63, 3.8) is 0 Å². The van der Waals surface area contributed by atoms with Crippen LogP contribution in [0.4, 0.5) is 0 Å². The van der Waals surface area contributed by atoms with Crippen LogP contribution in [0.1, 0.15) is 43.7 Å². The molecule has 1 heterocycles. The minimum Gasteiger partial charge on any atom is -0.380 e. The van der Waals surface area contributed by atoms with E-state index in [1.54, 1.807) is 7.05 Å². The molecule has 26 heavy (non-hydrogen) atoms. The van der Waals surface area contributed by atoms with Gasteiger partial charge in [0.15, 0.2) is 5.96 Å². The molecule has 0 radical (unpaired) electrons. The highest BCUT2D eigenvalue weighted by Crippen LogP contribution is 2.13. The highest BCUT2D eigenvalue weighted by atomic mass is 127. The molecule has 0 atom stereocenters. The smallest absolute Gasteiger partial charge is 0.191 e. The van der Waals surface area contributed by atoms with Crippen molar-refractivity contribution >= 4 is 29.9 Å². The summed E-state index contributed by atoms with van der Waals surface area (Å²) in [6.45, 7) is 8.55. The van der Waals surface area contributed by atoms with Crippen LogP contribution in [0.2, 0.25) is 0 Å². The summed E-state index contributed by atoms with van der Waals surface area (Å²) in [5.41, 5.74) is 2.68. The number of aliphatic imine (C=N–C) groups is 1. The lowest BCUT2D eigenvalue weighted by Crippen LogP contribution is -2.38. The van der Waals surface area contributed by atoms with Crippen molar-refractivity contribution in [2.24, 2.45) is 4.99 Å². The Morgan fingerprint density at radius 2 is 1.69 bits per heavy atom. The molecule has 0 aliphatic carbocycles. The fourth-order valence-electron chi connectivity index (χ4n) is 3.11. The summed E-state index contributed by atoms with van der Waals surface area (Å²) < 4.78 is 5.33. The third-order valence-electron chi connectivity index (χ3n) is 4.55. The highest BCUT2D eigenvalue weighted by molar-refractivity contribution is 14.0. The number of benzene rings is 1. The summed E-state index contributed by atoms with van der Waals surface area (Å²) in [6, 6.07) is 8.95. The van der Waals surface area contributed by atoms with E-state index in [0.29, 0.717) is 6.61 Å². The molecular weight excluding hydrogens is 439 g/mol. The molecule has 6 heteroatoms. The van der Waals surface area contributed by atoms with Crippen LogP contribution in [0, 0.1) is 0 Å². The maximum Gasteiger partial charge on any atom is 0.191 e. The van der Waals surface area contributed by atoms with Crippen molar-refractivity contribution in [1.82, 2.24) is 15.5 Å². The summed E-state index contributed by atoms with van der Waals surface area (Å²) in [4.78, 5) is 6.82. The molecule has 0 spiro atoms. The van der Waals surface area contributed by atoms with E-state index >= 15 is 0 Å². The molecule has 2 rings (SSSR count). The number of hydrogen-bond acceptors (Lipinski definition) is 3.